The first kappa shape index (κ1) is 18.1. The first-order valence-corrected chi connectivity index (χ1v) is 9.45. The Morgan fingerprint density at radius 2 is 1.88 bits per heavy atom. The molecule has 2 aromatic rings. The Labute approximate surface area is 153 Å². The molecule has 136 valence electrons. The Bertz CT molecular complexity index is 967. The second-order valence-electron chi connectivity index (χ2n) is 5.66. The van der Waals surface area contributed by atoms with Crippen LogP contribution in [0.25, 0.3) is 0 Å². The molecule has 1 heterocycles. The highest BCUT2D eigenvalue weighted by Crippen LogP contribution is 2.25. The molecule has 8 heteroatoms. The Hall–Kier alpha value is -2.73. The zero-order valence-electron chi connectivity index (χ0n) is 13.9. The predicted molar refractivity (Wildman–Crippen MR) is 97.2 cm³/mol. The van der Waals surface area contributed by atoms with E-state index in [1.54, 1.807) is 36.4 Å². The van der Waals surface area contributed by atoms with Crippen LogP contribution in [0.4, 0.5) is 5.69 Å². The third kappa shape index (κ3) is 3.75. The average Bonchev–Trinajstić information content (AvgIpc) is 2.69. The van der Waals surface area contributed by atoms with E-state index in [1.807, 2.05) is 6.07 Å². The molecule has 1 aliphatic rings. The number of carbonyl (C=O) groups excluding carboxylic acids is 1. The molecule has 0 aromatic heterocycles. The molecule has 0 saturated carbocycles. The number of benzene rings is 2. The lowest BCUT2D eigenvalue weighted by Crippen LogP contribution is -2.40. The third-order valence-corrected chi connectivity index (χ3v) is 5.93. The van der Waals surface area contributed by atoms with Crippen LogP contribution in [0.15, 0.2) is 53.4 Å². The molecule has 7 nitrogen and oxygen atoms in total. The van der Waals surface area contributed by atoms with Crippen molar-refractivity contribution in [3.05, 3.63) is 59.7 Å². The van der Waals surface area contributed by atoms with Crippen molar-refractivity contribution in [1.29, 1.82) is 5.26 Å². The van der Waals surface area contributed by atoms with Gasteiger partial charge in [-0.2, -0.15) is 9.57 Å². The lowest BCUT2D eigenvalue weighted by atomic mass is 10.1. The molecule has 2 aromatic carbocycles. The summed E-state index contributed by atoms with van der Waals surface area (Å²) in [5.74, 6) is -0.480. The van der Waals surface area contributed by atoms with Gasteiger partial charge in [-0.25, -0.2) is 8.42 Å². The second kappa shape index (κ2) is 7.66. The SMILES string of the molecule is N#Cc1cccc(C(=O)Nc2ccccc2S(=O)(=O)N2CCOCC2)c1.[HH]. The Balaban J connectivity index is 0.00000261. The molecular weight excluding hydrogens is 354 g/mol. The lowest BCUT2D eigenvalue weighted by molar-refractivity contribution is 0.0730. The molecular formula is C18H19N3O4S. The summed E-state index contributed by atoms with van der Waals surface area (Å²) in [7, 11) is -3.75. The molecule has 1 fully saturated rings. The molecule has 0 aliphatic carbocycles. The summed E-state index contributed by atoms with van der Waals surface area (Å²) in [6.45, 7) is 1.23. The van der Waals surface area contributed by atoms with Crippen molar-refractivity contribution >= 4 is 21.6 Å². The Morgan fingerprint density at radius 3 is 2.62 bits per heavy atom. The number of morpholine rings is 1. The minimum atomic E-state index is -3.75. The number of hydrogen-bond acceptors (Lipinski definition) is 5. The van der Waals surface area contributed by atoms with Gasteiger partial charge >= 0.3 is 0 Å². The molecule has 0 spiro atoms. The Morgan fingerprint density at radius 1 is 1.15 bits per heavy atom. The fraction of sp³-hybridized carbons (Fsp3) is 0.222. The number of para-hydroxylation sites is 1. The van der Waals surface area contributed by atoms with Gasteiger partial charge in [-0.15, -0.1) is 0 Å². The molecule has 1 aliphatic heterocycles. The van der Waals surface area contributed by atoms with E-state index in [2.05, 4.69) is 5.32 Å². The minimum absolute atomic E-state index is 0. The van der Waals surface area contributed by atoms with Crippen molar-refractivity contribution in [2.45, 2.75) is 4.90 Å². The minimum Gasteiger partial charge on any atom is -0.379 e. The maximum absolute atomic E-state index is 12.9. The molecule has 26 heavy (non-hydrogen) atoms. The van der Waals surface area contributed by atoms with E-state index in [-0.39, 0.29) is 30.7 Å². The lowest BCUT2D eigenvalue weighted by Gasteiger charge is -2.26. The van der Waals surface area contributed by atoms with Gasteiger partial charge in [0.05, 0.1) is 30.5 Å². The third-order valence-electron chi connectivity index (χ3n) is 3.98. The number of nitrogens with zero attached hydrogens (tertiary/aromatic N) is 2. The van der Waals surface area contributed by atoms with E-state index >= 15 is 0 Å². The van der Waals surface area contributed by atoms with Crippen LogP contribution in [-0.4, -0.2) is 44.9 Å². The van der Waals surface area contributed by atoms with E-state index in [0.29, 0.717) is 18.8 Å². The number of anilines is 1. The van der Waals surface area contributed by atoms with Crippen molar-refractivity contribution in [3.8, 4) is 6.07 Å². The summed E-state index contributed by atoms with van der Waals surface area (Å²) in [5.41, 5.74) is 0.834. The number of sulfonamides is 1. The van der Waals surface area contributed by atoms with Gasteiger partial charge in [0.2, 0.25) is 10.0 Å². The Kier molecular flexibility index (Phi) is 5.32. The molecule has 0 radical (unpaired) electrons. The number of nitriles is 1. The molecule has 1 N–H and O–H groups in total. The number of ether oxygens (including phenoxy) is 1. The van der Waals surface area contributed by atoms with Gasteiger partial charge in [-0.05, 0) is 30.3 Å². The number of rotatable bonds is 4. The zero-order chi connectivity index (χ0) is 18.6. The van der Waals surface area contributed by atoms with Gasteiger partial charge < -0.3 is 10.1 Å². The summed E-state index contributed by atoms with van der Waals surface area (Å²) in [4.78, 5) is 12.5. The van der Waals surface area contributed by atoms with Gasteiger partial charge in [-0.1, -0.05) is 18.2 Å². The maximum atomic E-state index is 12.9. The summed E-state index contributed by atoms with van der Waals surface area (Å²) < 4.78 is 32.4. The van der Waals surface area contributed by atoms with Gasteiger partial charge in [0.1, 0.15) is 4.90 Å². The van der Waals surface area contributed by atoms with Crippen LogP contribution in [-0.2, 0) is 14.8 Å². The van der Waals surface area contributed by atoms with Crippen LogP contribution in [0, 0.1) is 11.3 Å². The van der Waals surface area contributed by atoms with Crippen LogP contribution >= 0.6 is 0 Å². The first-order chi connectivity index (χ1) is 12.5. The van der Waals surface area contributed by atoms with Crippen LogP contribution in [0.2, 0.25) is 0 Å². The van der Waals surface area contributed by atoms with Crippen molar-refractivity contribution in [2.24, 2.45) is 0 Å². The molecule has 1 amide bonds. The van der Waals surface area contributed by atoms with Crippen molar-refractivity contribution in [1.82, 2.24) is 4.31 Å². The highest BCUT2D eigenvalue weighted by atomic mass is 32.2. The van der Waals surface area contributed by atoms with E-state index in [9.17, 15) is 13.2 Å². The quantitative estimate of drug-likeness (QED) is 0.884. The van der Waals surface area contributed by atoms with Gasteiger partial charge in [-0.3, -0.25) is 4.79 Å². The standard InChI is InChI=1S/C18H17N3O4S.H2/c19-13-14-4-3-5-15(12-14)18(22)20-16-6-1-2-7-17(16)26(23,24)21-8-10-25-11-9-21;/h1-7,12H,8-11H2,(H,20,22);1H. The van der Waals surface area contributed by atoms with Crippen LogP contribution in [0.5, 0.6) is 0 Å². The monoisotopic (exact) mass is 373 g/mol. The second-order valence-corrected chi connectivity index (χ2v) is 7.57. The summed E-state index contributed by atoms with van der Waals surface area (Å²) >= 11 is 0. The predicted octanol–water partition coefficient (Wildman–Crippen LogP) is 2.08. The first-order valence-electron chi connectivity index (χ1n) is 8.01. The molecule has 0 atom stereocenters. The van der Waals surface area contributed by atoms with Crippen LogP contribution < -0.4 is 5.32 Å². The largest absolute Gasteiger partial charge is 0.379 e. The molecule has 0 bridgehead atoms. The molecule has 0 unspecified atom stereocenters. The highest BCUT2D eigenvalue weighted by molar-refractivity contribution is 7.89. The summed E-state index contributed by atoms with van der Waals surface area (Å²) in [6, 6.07) is 14.4. The van der Waals surface area contributed by atoms with Crippen molar-refractivity contribution in [3.63, 3.8) is 0 Å². The molecule has 1 saturated heterocycles. The normalized spacial score (nSPS) is 15.2. The van der Waals surface area contributed by atoms with Gasteiger partial charge in [0.25, 0.3) is 5.91 Å². The number of hydrogen-bond donors (Lipinski definition) is 1. The van der Waals surface area contributed by atoms with Gasteiger partial charge in [0.15, 0.2) is 0 Å². The smallest absolute Gasteiger partial charge is 0.255 e. The van der Waals surface area contributed by atoms with Crippen LogP contribution in [0.3, 0.4) is 0 Å². The number of amides is 1. The van der Waals surface area contributed by atoms with E-state index < -0.39 is 15.9 Å². The fourth-order valence-electron chi connectivity index (χ4n) is 2.65. The summed E-state index contributed by atoms with van der Waals surface area (Å²) in [5, 5.41) is 11.6. The fourth-order valence-corrected chi connectivity index (χ4v) is 4.20. The molecule has 3 rings (SSSR count). The van der Waals surface area contributed by atoms with Gasteiger partial charge in [0, 0.05) is 20.1 Å². The topological polar surface area (TPSA) is 99.5 Å². The zero-order valence-corrected chi connectivity index (χ0v) is 14.7. The van der Waals surface area contributed by atoms with E-state index in [1.165, 1.54) is 16.4 Å². The van der Waals surface area contributed by atoms with Crippen molar-refractivity contribution < 1.29 is 19.4 Å². The van der Waals surface area contributed by atoms with E-state index in [4.69, 9.17) is 10.00 Å². The average molecular weight is 373 g/mol. The van der Waals surface area contributed by atoms with Crippen LogP contribution in [0.1, 0.15) is 17.3 Å². The summed E-state index contributed by atoms with van der Waals surface area (Å²) in [6.07, 6.45) is 0. The highest BCUT2D eigenvalue weighted by Gasteiger charge is 2.28. The number of carbonyl (C=O) groups is 1. The van der Waals surface area contributed by atoms with Crippen molar-refractivity contribution in [2.75, 3.05) is 31.6 Å². The van der Waals surface area contributed by atoms with E-state index in [0.717, 1.165) is 0 Å². The maximum Gasteiger partial charge on any atom is 0.255 e. The number of nitrogens with one attached hydrogen (secondary N) is 1.